The van der Waals surface area contributed by atoms with Crippen molar-refractivity contribution in [1.82, 2.24) is 9.80 Å². The zero-order chi connectivity index (χ0) is 18.0. The molecule has 3 amide bonds. The van der Waals surface area contributed by atoms with Gasteiger partial charge in [0.2, 0.25) is 5.91 Å². The quantitative estimate of drug-likeness (QED) is 0.729. The van der Waals surface area contributed by atoms with Crippen molar-refractivity contribution in [3.05, 3.63) is 38.7 Å². The van der Waals surface area contributed by atoms with Crippen molar-refractivity contribution in [3.8, 4) is 0 Å². The lowest BCUT2D eigenvalue weighted by molar-refractivity contribution is -0.139. The molecule has 0 aliphatic carbocycles. The number of amides is 3. The second-order valence-electron chi connectivity index (χ2n) is 5.40. The minimum absolute atomic E-state index is 0.212. The van der Waals surface area contributed by atoms with Crippen LogP contribution in [0.1, 0.15) is 5.56 Å². The summed E-state index contributed by atoms with van der Waals surface area (Å²) in [6.45, 7) is 1.57. The van der Waals surface area contributed by atoms with Gasteiger partial charge < -0.3 is 9.64 Å². The van der Waals surface area contributed by atoms with Gasteiger partial charge in [0, 0.05) is 13.1 Å². The average molecular weight is 401 g/mol. The fourth-order valence-electron chi connectivity index (χ4n) is 2.46. The molecular formula is C16H14Cl2N2O4S. The number of carbonyl (C=O) groups excluding carboxylic acids is 3. The van der Waals surface area contributed by atoms with E-state index in [4.69, 9.17) is 27.9 Å². The van der Waals surface area contributed by atoms with Crippen molar-refractivity contribution in [2.24, 2.45) is 0 Å². The Labute approximate surface area is 158 Å². The highest BCUT2D eigenvalue weighted by atomic mass is 35.5. The van der Waals surface area contributed by atoms with Gasteiger partial charge in [-0.25, -0.2) is 0 Å². The third-order valence-corrected chi connectivity index (χ3v) is 5.54. The number of hydrogen-bond donors (Lipinski definition) is 0. The van der Waals surface area contributed by atoms with Gasteiger partial charge in [0.15, 0.2) is 0 Å². The monoisotopic (exact) mass is 400 g/mol. The van der Waals surface area contributed by atoms with Crippen molar-refractivity contribution in [1.29, 1.82) is 0 Å². The maximum absolute atomic E-state index is 12.5. The van der Waals surface area contributed by atoms with Gasteiger partial charge in [-0.3, -0.25) is 19.3 Å². The number of carbonyl (C=O) groups is 3. The van der Waals surface area contributed by atoms with Crippen LogP contribution in [0.25, 0.3) is 6.08 Å². The molecule has 0 N–H and O–H groups in total. The molecule has 2 aliphatic heterocycles. The Bertz CT molecular complexity index is 763. The Morgan fingerprint density at radius 1 is 1.24 bits per heavy atom. The highest BCUT2D eigenvalue weighted by Gasteiger charge is 2.37. The molecule has 3 rings (SSSR count). The summed E-state index contributed by atoms with van der Waals surface area (Å²) in [4.78, 5) is 39.6. The molecule has 2 fully saturated rings. The number of rotatable bonds is 3. The maximum atomic E-state index is 12.5. The molecule has 25 heavy (non-hydrogen) atoms. The highest BCUT2D eigenvalue weighted by molar-refractivity contribution is 8.18. The lowest BCUT2D eigenvalue weighted by Crippen LogP contribution is -2.46. The van der Waals surface area contributed by atoms with Gasteiger partial charge in [0.25, 0.3) is 11.1 Å². The molecule has 0 aromatic heterocycles. The van der Waals surface area contributed by atoms with Crippen LogP contribution in [0.4, 0.5) is 4.79 Å². The predicted octanol–water partition coefficient (Wildman–Crippen LogP) is 2.89. The number of ether oxygens (including phenoxy) is 1. The molecule has 0 saturated carbocycles. The zero-order valence-electron chi connectivity index (χ0n) is 13.0. The summed E-state index contributed by atoms with van der Waals surface area (Å²) >= 11 is 12.8. The Morgan fingerprint density at radius 2 is 1.96 bits per heavy atom. The van der Waals surface area contributed by atoms with E-state index >= 15 is 0 Å². The molecule has 2 saturated heterocycles. The topological polar surface area (TPSA) is 66.9 Å². The Balaban J connectivity index is 1.74. The van der Waals surface area contributed by atoms with E-state index in [1.165, 1.54) is 6.08 Å². The standard InChI is InChI=1S/C16H14Cl2N2O4S/c17-11-3-1-2-10(14(11)18)8-12-15(22)20(16(23)25-12)9-13(21)19-4-6-24-7-5-19/h1-3,8H,4-7,9H2/b12-8+. The van der Waals surface area contributed by atoms with Gasteiger partial charge in [-0.05, 0) is 29.5 Å². The molecule has 1 aromatic rings. The summed E-state index contributed by atoms with van der Waals surface area (Å²) in [7, 11) is 0. The van der Waals surface area contributed by atoms with Crippen LogP contribution >= 0.6 is 35.0 Å². The number of thioether (sulfide) groups is 1. The fraction of sp³-hybridized carbons (Fsp3) is 0.312. The number of hydrogen-bond acceptors (Lipinski definition) is 5. The van der Waals surface area contributed by atoms with E-state index in [9.17, 15) is 14.4 Å². The SMILES string of the molecule is O=C(CN1C(=O)S/C(=C/c2cccc(Cl)c2Cl)C1=O)N1CCOCC1. The van der Waals surface area contributed by atoms with Crippen molar-refractivity contribution in [2.45, 2.75) is 0 Å². The van der Waals surface area contributed by atoms with Crippen LogP contribution in [0.3, 0.4) is 0 Å². The van der Waals surface area contributed by atoms with E-state index in [1.54, 1.807) is 23.1 Å². The van der Waals surface area contributed by atoms with Gasteiger partial charge >= 0.3 is 0 Å². The largest absolute Gasteiger partial charge is 0.378 e. The summed E-state index contributed by atoms with van der Waals surface area (Å²) in [5.41, 5.74) is 0.541. The molecule has 1 aromatic carbocycles. The summed E-state index contributed by atoms with van der Waals surface area (Å²) in [5, 5.41) is 0.188. The second kappa shape index (κ2) is 7.78. The first-order valence-corrected chi connectivity index (χ1v) is 9.09. The number of imide groups is 1. The molecule has 6 nitrogen and oxygen atoms in total. The summed E-state index contributed by atoms with van der Waals surface area (Å²) in [5.74, 6) is -0.778. The molecule has 132 valence electrons. The number of morpholine rings is 1. The van der Waals surface area contributed by atoms with Crippen LogP contribution in [0.15, 0.2) is 23.1 Å². The van der Waals surface area contributed by atoms with Crippen LogP contribution in [0, 0.1) is 0 Å². The fourth-order valence-corrected chi connectivity index (χ4v) is 3.65. The maximum Gasteiger partial charge on any atom is 0.294 e. The minimum atomic E-state index is -0.507. The average Bonchev–Trinajstić information content (AvgIpc) is 2.87. The summed E-state index contributed by atoms with van der Waals surface area (Å²) in [6, 6.07) is 5.03. The molecule has 2 aliphatic rings. The summed E-state index contributed by atoms with van der Waals surface area (Å²) in [6.07, 6.45) is 1.51. The number of halogens is 2. The van der Waals surface area contributed by atoms with Crippen LogP contribution < -0.4 is 0 Å². The zero-order valence-corrected chi connectivity index (χ0v) is 15.4. The molecule has 0 unspecified atom stereocenters. The van der Waals surface area contributed by atoms with Crippen molar-refractivity contribution in [2.75, 3.05) is 32.8 Å². The van der Waals surface area contributed by atoms with Gasteiger partial charge in [-0.1, -0.05) is 35.3 Å². The van der Waals surface area contributed by atoms with Crippen LogP contribution in [0.5, 0.6) is 0 Å². The second-order valence-corrected chi connectivity index (χ2v) is 7.18. The molecule has 0 spiro atoms. The lowest BCUT2D eigenvalue weighted by atomic mass is 10.2. The van der Waals surface area contributed by atoms with Crippen molar-refractivity contribution in [3.63, 3.8) is 0 Å². The van der Waals surface area contributed by atoms with E-state index < -0.39 is 11.1 Å². The molecule has 0 bridgehead atoms. The lowest BCUT2D eigenvalue weighted by Gasteiger charge is -2.28. The van der Waals surface area contributed by atoms with Crippen LogP contribution in [-0.2, 0) is 14.3 Å². The smallest absolute Gasteiger partial charge is 0.294 e. The first kappa shape index (κ1) is 18.3. The van der Waals surface area contributed by atoms with E-state index in [0.29, 0.717) is 41.9 Å². The van der Waals surface area contributed by atoms with E-state index in [-0.39, 0.29) is 17.4 Å². The highest BCUT2D eigenvalue weighted by Crippen LogP contribution is 2.35. The Hall–Kier alpha value is -1.54. The van der Waals surface area contributed by atoms with E-state index in [0.717, 1.165) is 16.7 Å². The van der Waals surface area contributed by atoms with Crippen LogP contribution in [-0.4, -0.2) is 59.7 Å². The Morgan fingerprint density at radius 3 is 2.68 bits per heavy atom. The number of benzene rings is 1. The third-order valence-electron chi connectivity index (χ3n) is 3.80. The van der Waals surface area contributed by atoms with Gasteiger partial charge in [0.05, 0.1) is 28.2 Å². The number of nitrogens with zero attached hydrogens (tertiary/aromatic N) is 2. The molecular weight excluding hydrogens is 387 g/mol. The van der Waals surface area contributed by atoms with E-state index in [2.05, 4.69) is 0 Å². The molecule has 0 atom stereocenters. The van der Waals surface area contributed by atoms with Crippen molar-refractivity contribution < 1.29 is 19.1 Å². The molecule has 9 heteroatoms. The van der Waals surface area contributed by atoms with E-state index in [1.807, 2.05) is 0 Å². The molecule has 2 heterocycles. The first-order chi connectivity index (χ1) is 12.0. The summed E-state index contributed by atoms with van der Waals surface area (Å²) < 4.78 is 5.19. The van der Waals surface area contributed by atoms with Gasteiger partial charge in [0.1, 0.15) is 6.54 Å². The Kier molecular flexibility index (Phi) is 5.68. The minimum Gasteiger partial charge on any atom is -0.378 e. The van der Waals surface area contributed by atoms with Crippen molar-refractivity contribution >= 4 is 58.1 Å². The predicted molar refractivity (Wildman–Crippen MR) is 96.5 cm³/mol. The molecule has 0 radical (unpaired) electrons. The van der Waals surface area contributed by atoms with Crippen LogP contribution in [0.2, 0.25) is 10.0 Å². The first-order valence-electron chi connectivity index (χ1n) is 7.52. The third kappa shape index (κ3) is 4.00. The normalized spacial score (nSPS) is 19.8. The van der Waals surface area contributed by atoms with Gasteiger partial charge in [-0.15, -0.1) is 0 Å². The van der Waals surface area contributed by atoms with Gasteiger partial charge in [-0.2, -0.15) is 0 Å².